The second-order valence-electron chi connectivity index (χ2n) is 10.4. The van der Waals surface area contributed by atoms with E-state index < -0.39 is 5.60 Å². The number of nitrogens with zero attached hydrogens (tertiary/aromatic N) is 1. The van der Waals surface area contributed by atoms with Crippen LogP contribution in [0.15, 0.2) is 84.9 Å². The maximum atomic E-state index is 13.5. The highest BCUT2D eigenvalue weighted by Gasteiger charge is 2.55. The van der Waals surface area contributed by atoms with Gasteiger partial charge >= 0.3 is 5.97 Å². The van der Waals surface area contributed by atoms with Crippen molar-refractivity contribution in [2.45, 2.75) is 45.1 Å². The molecule has 1 N–H and O–H groups in total. The van der Waals surface area contributed by atoms with Gasteiger partial charge in [0.05, 0.1) is 11.1 Å². The van der Waals surface area contributed by atoms with Crippen LogP contribution in [-0.4, -0.2) is 19.1 Å². The number of carbonyl (C=O) groups excluding carboxylic acids is 1. The summed E-state index contributed by atoms with van der Waals surface area (Å²) in [5.74, 6) is 1.06. The Morgan fingerprint density at radius 1 is 0.800 bits per heavy atom. The fourth-order valence-electron chi connectivity index (χ4n) is 5.80. The van der Waals surface area contributed by atoms with Crippen LogP contribution in [0.3, 0.4) is 0 Å². The van der Waals surface area contributed by atoms with Gasteiger partial charge in [-0.1, -0.05) is 62.6 Å². The first-order chi connectivity index (χ1) is 19.5. The first-order valence-corrected chi connectivity index (χ1v) is 14.5. The molecule has 2 heterocycles. The summed E-state index contributed by atoms with van der Waals surface area (Å²) in [6.07, 6.45) is 4.34. The molecule has 5 nitrogen and oxygen atoms in total. The number of hydrogen-bond donors (Lipinski definition) is 1. The molecule has 0 bridgehead atoms. The summed E-state index contributed by atoms with van der Waals surface area (Å²) >= 11 is 6.11. The average molecular weight is 553 g/mol. The Morgan fingerprint density at radius 2 is 1.52 bits per heavy atom. The van der Waals surface area contributed by atoms with Gasteiger partial charge in [-0.2, -0.15) is 0 Å². The Bertz CT molecular complexity index is 1540. The average Bonchev–Trinajstić information content (AvgIpc) is 3.27. The van der Waals surface area contributed by atoms with Crippen molar-refractivity contribution in [3.05, 3.63) is 112 Å². The number of halogens is 1. The molecule has 4 aromatic carbocycles. The van der Waals surface area contributed by atoms with E-state index in [1.807, 2.05) is 78.9 Å². The van der Waals surface area contributed by atoms with Crippen LogP contribution in [0.2, 0.25) is 5.02 Å². The van der Waals surface area contributed by atoms with E-state index in [1.54, 1.807) is 0 Å². The zero-order valence-corrected chi connectivity index (χ0v) is 23.6. The molecule has 0 aliphatic carbocycles. The molecule has 204 valence electrons. The molecular formula is C34H33ClN2O3. The lowest BCUT2D eigenvalue weighted by molar-refractivity contribution is 0.0226. The molecule has 0 amide bonds. The second-order valence-corrected chi connectivity index (χ2v) is 10.8. The zero-order valence-electron chi connectivity index (χ0n) is 22.9. The quantitative estimate of drug-likeness (QED) is 0.210. The Kier molecular flexibility index (Phi) is 7.16. The molecule has 2 aliphatic rings. The fourth-order valence-corrected chi connectivity index (χ4v) is 5.93. The molecule has 0 radical (unpaired) electrons. The van der Waals surface area contributed by atoms with E-state index in [0.29, 0.717) is 22.1 Å². The number of hydrogen-bond acceptors (Lipinski definition) is 5. The number of rotatable bonds is 9. The third kappa shape index (κ3) is 4.48. The number of fused-ring (bicyclic) bond motifs is 6. The number of benzene rings is 4. The number of nitrogens with one attached hydrogen (secondary N) is 1. The van der Waals surface area contributed by atoms with Gasteiger partial charge in [-0.3, -0.25) is 0 Å². The Labute approximate surface area is 240 Å². The zero-order chi connectivity index (χ0) is 27.7. The first kappa shape index (κ1) is 26.3. The number of esters is 1. The maximum Gasteiger partial charge on any atom is 0.340 e. The monoisotopic (exact) mass is 552 g/mol. The van der Waals surface area contributed by atoms with Crippen molar-refractivity contribution in [3.63, 3.8) is 0 Å². The van der Waals surface area contributed by atoms with E-state index >= 15 is 0 Å². The van der Waals surface area contributed by atoms with Crippen LogP contribution in [0.5, 0.6) is 11.5 Å². The topological polar surface area (TPSA) is 50.8 Å². The highest BCUT2D eigenvalue weighted by molar-refractivity contribution is 6.30. The number of anilines is 3. The fraction of sp³-hybridized carbons (Fsp3) is 0.265. The minimum Gasteiger partial charge on any atom is -0.456 e. The molecule has 6 rings (SSSR count). The van der Waals surface area contributed by atoms with E-state index in [-0.39, 0.29) is 5.97 Å². The van der Waals surface area contributed by atoms with Gasteiger partial charge in [0.25, 0.3) is 0 Å². The lowest BCUT2D eigenvalue weighted by Gasteiger charge is -2.40. The van der Waals surface area contributed by atoms with E-state index in [0.717, 1.165) is 72.5 Å². The van der Waals surface area contributed by atoms with Crippen LogP contribution < -0.4 is 15.0 Å². The van der Waals surface area contributed by atoms with Gasteiger partial charge < -0.3 is 19.7 Å². The Morgan fingerprint density at radius 3 is 2.27 bits per heavy atom. The molecule has 4 aromatic rings. The molecule has 40 heavy (non-hydrogen) atoms. The summed E-state index contributed by atoms with van der Waals surface area (Å²) in [5, 5.41) is 4.15. The van der Waals surface area contributed by atoms with E-state index in [1.165, 1.54) is 0 Å². The standard InChI is InChI=1S/C34H33ClN2O3/c1-3-5-20-37(21-6-4-2)29-12-9-13-31-32(29)34(27-11-8-7-10-26(27)33(38)40-34)28-22-25(18-19-30(28)39-31)36-24-16-14-23(35)15-17-24/h7-19,22,36H,3-6,20-21H2,1-2H3. The van der Waals surface area contributed by atoms with Crippen molar-refractivity contribution in [1.29, 1.82) is 0 Å². The van der Waals surface area contributed by atoms with Crippen LogP contribution in [0, 0.1) is 0 Å². The van der Waals surface area contributed by atoms with Crippen LogP contribution in [-0.2, 0) is 10.3 Å². The predicted octanol–water partition coefficient (Wildman–Crippen LogP) is 9.06. The molecular weight excluding hydrogens is 520 g/mol. The van der Waals surface area contributed by atoms with Crippen molar-refractivity contribution in [2.24, 2.45) is 0 Å². The molecule has 0 saturated heterocycles. The summed E-state index contributed by atoms with van der Waals surface area (Å²) in [6.45, 7) is 6.26. The van der Waals surface area contributed by atoms with Crippen LogP contribution in [0.1, 0.15) is 66.6 Å². The smallest absolute Gasteiger partial charge is 0.340 e. The van der Waals surface area contributed by atoms with Crippen molar-refractivity contribution >= 4 is 34.6 Å². The molecule has 6 heteroatoms. The summed E-state index contributed by atoms with van der Waals surface area (Å²) in [7, 11) is 0. The van der Waals surface area contributed by atoms with E-state index in [2.05, 4.69) is 30.1 Å². The number of ether oxygens (including phenoxy) is 2. The van der Waals surface area contributed by atoms with Gasteiger partial charge in [0, 0.05) is 46.3 Å². The minimum atomic E-state index is -1.14. The normalized spacial score (nSPS) is 16.5. The van der Waals surface area contributed by atoms with Gasteiger partial charge in [0.1, 0.15) is 11.5 Å². The lowest BCUT2D eigenvalue weighted by Crippen LogP contribution is -2.37. The van der Waals surface area contributed by atoms with Gasteiger partial charge in [-0.25, -0.2) is 4.79 Å². The molecule has 1 unspecified atom stereocenters. The molecule has 0 fully saturated rings. The van der Waals surface area contributed by atoms with Crippen molar-refractivity contribution in [2.75, 3.05) is 23.3 Å². The lowest BCUT2D eigenvalue weighted by atomic mass is 9.76. The van der Waals surface area contributed by atoms with Gasteiger partial charge in [-0.05, 0) is 73.5 Å². The van der Waals surface area contributed by atoms with Crippen molar-refractivity contribution in [1.82, 2.24) is 0 Å². The van der Waals surface area contributed by atoms with Gasteiger partial charge in [-0.15, -0.1) is 0 Å². The number of carbonyl (C=O) groups is 1. The van der Waals surface area contributed by atoms with Crippen molar-refractivity contribution < 1.29 is 14.3 Å². The van der Waals surface area contributed by atoms with Gasteiger partial charge in [0.2, 0.25) is 0 Å². The highest BCUT2D eigenvalue weighted by atomic mass is 35.5. The van der Waals surface area contributed by atoms with E-state index in [4.69, 9.17) is 21.1 Å². The van der Waals surface area contributed by atoms with Gasteiger partial charge in [0.15, 0.2) is 5.60 Å². The largest absolute Gasteiger partial charge is 0.456 e. The van der Waals surface area contributed by atoms with Crippen molar-refractivity contribution in [3.8, 4) is 11.5 Å². The first-order valence-electron chi connectivity index (χ1n) is 14.1. The summed E-state index contributed by atoms with van der Waals surface area (Å²) in [5.41, 5.74) is 4.79. The molecule has 0 saturated carbocycles. The third-order valence-electron chi connectivity index (χ3n) is 7.74. The number of unbranched alkanes of at least 4 members (excludes halogenated alkanes) is 2. The Hall–Kier alpha value is -3.96. The minimum absolute atomic E-state index is 0.325. The highest BCUT2D eigenvalue weighted by Crippen LogP contribution is 2.59. The molecule has 0 aromatic heterocycles. The summed E-state index contributed by atoms with van der Waals surface area (Å²) < 4.78 is 13.1. The van der Waals surface area contributed by atoms with Crippen LogP contribution >= 0.6 is 11.6 Å². The molecule has 1 atom stereocenters. The molecule has 2 aliphatic heterocycles. The van der Waals surface area contributed by atoms with Crippen LogP contribution in [0.4, 0.5) is 17.1 Å². The molecule has 1 spiro atoms. The van der Waals surface area contributed by atoms with Crippen LogP contribution in [0.25, 0.3) is 0 Å². The summed E-state index contributed by atoms with van der Waals surface area (Å²) in [6, 6.07) is 27.4. The SMILES string of the molecule is CCCCN(CCCC)c1cccc2c1C1(OC(=O)c3ccccc31)c1cc(Nc3ccc(Cl)cc3)ccc1O2. The third-order valence-corrected chi connectivity index (χ3v) is 8.00. The predicted molar refractivity (Wildman–Crippen MR) is 161 cm³/mol. The second kappa shape index (κ2) is 10.9. The maximum absolute atomic E-state index is 13.5. The summed E-state index contributed by atoms with van der Waals surface area (Å²) in [4.78, 5) is 15.9. The Balaban J connectivity index is 1.56. The van der Waals surface area contributed by atoms with E-state index in [9.17, 15) is 4.79 Å².